The minimum atomic E-state index is 0.224. The van der Waals surface area contributed by atoms with E-state index in [0.29, 0.717) is 6.04 Å². The number of rotatable bonds is 3. The van der Waals surface area contributed by atoms with Gasteiger partial charge in [-0.1, -0.05) is 46.2 Å². The Balaban J connectivity index is 2.10. The highest BCUT2D eigenvalue weighted by molar-refractivity contribution is 5.49. The van der Waals surface area contributed by atoms with E-state index in [0.717, 1.165) is 19.0 Å². The maximum absolute atomic E-state index is 6.24. The van der Waals surface area contributed by atoms with Crippen LogP contribution < -0.4 is 10.6 Å². The van der Waals surface area contributed by atoms with Crippen molar-refractivity contribution >= 4 is 5.69 Å². The van der Waals surface area contributed by atoms with Gasteiger partial charge in [0.2, 0.25) is 0 Å². The zero-order valence-corrected chi connectivity index (χ0v) is 13.5. The maximum atomic E-state index is 6.24. The van der Waals surface area contributed by atoms with E-state index in [1.54, 1.807) is 0 Å². The van der Waals surface area contributed by atoms with Crippen molar-refractivity contribution in [3.05, 3.63) is 29.8 Å². The summed E-state index contributed by atoms with van der Waals surface area (Å²) in [7, 11) is 0. The monoisotopic (exact) mass is 274 g/mol. The van der Waals surface area contributed by atoms with Gasteiger partial charge in [0.25, 0.3) is 0 Å². The molecule has 0 amide bonds. The third-order valence-corrected chi connectivity index (χ3v) is 4.36. The van der Waals surface area contributed by atoms with Crippen LogP contribution in [-0.4, -0.2) is 19.1 Å². The van der Waals surface area contributed by atoms with E-state index in [2.05, 4.69) is 56.9 Å². The highest BCUT2D eigenvalue weighted by Crippen LogP contribution is 2.28. The minimum absolute atomic E-state index is 0.224. The number of anilines is 1. The molecule has 2 unspecified atom stereocenters. The molecule has 1 fully saturated rings. The summed E-state index contributed by atoms with van der Waals surface area (Å²) in [4.78, 5) is 2.47. The predicted octanol–water partition coefficient (Wildman–Crippen LogP) is 3.94. The van der Waals surface area contributed by atoms with E-state index >= 15 is 0 Å². The van der Waals surface area contributed by atoms with Crippen molar-refractivity contribution in [1.82, 2.24) is 0 Å². The summed E-state index contributed by atoms with van der Waals surface area (Å²) in [5.41, 5.74) is 9.19. The Morgan fingerprint density at radius 2 is 1.80 bits per heavy atom. The molecule has 112 valence electrons. The topological polar surface area (TPSA) is 29.3 Å². The summed E-state index contributed by atoms with van der Waals surface area (Å²) in [5.74, 6) is 0.756. The van der Waals surface area contributed by atoms with Crippen LogP contribution in [0.1, 0.15) is 52.5 Å². The highest BCUT2D eigenvalue weighted by atomic mass is 15.2. The van der Waals surface area contributed by atoms with E-state index in [9.17, 15) is 0 Å². The van der Waals surface area contributed by atoms with Crippen LogP contribution >= 0.6 is 0 Å². The summed E-state index contributed by atoms with van der Waals surface area (Å²) in [6.07, 6.45) is 3.74. The lowest BCUT2D eigenvalue weighted by Gasteiger charge is -2.38. The smallest absolute Gasteiger partial charge is 0.0367 e. The molecule has 0 spiro atoms. The molecule has 1 saturated heterocycles. The van der Waals surface area contributed by atoms with Gasteiger partial charge in [0, 0.05) is 24.8 Å². The fraction of sp³-hybridized carbons (Fsp3) is 0.667. The standard InChI is InChI=1S/C18H30N2/c1-5-6-14-11-16(19)13-20(12-14)17-9-7-15(8-10-17)18(2,3)4/h7-10,14,16H,5-6,11-13,19H2,1-4H3. The number of nitrogens with zero attached hydrogens (tertiary/aromatic N) is 1. The summed E-state index contributed by atoms with van der Waals surface area (Å²) >= 11 is 0. The normalized spacial score (nSPS) is 23.9. The van der Waals surface area contributed by atoms with Crippen molar-refractivity contribution in [1.29, 1.82) is 0 Å². The maximum Gasteiger partial charge on any atom is 0.0367 e. The van der Waals surface area contributed by atoms with Gasteiger partial charge in [0.15, 0.2) is 0 Å². The second kappa shape index (κ2) is 6.17. The SMILES string of the molecule is CCCC1CC(N)CN(c2ccc(C(C)(C)C)cc2)C1. The van der Waals surface area contributed by atoms with E-state index < -0.39 is 0 Å². The molecule has 2 N–H and O–H groups in total. The van der Waals surface area contributed by atoms with Crippen molar-refractivity contribution in [2.24, 2.45) is 11.7 Å². The molecule has 2 nitrogen and oxygen atoms in total. The predicted molar refractivity (Wildman–Crippen MR) is 88.3 cm³/mol. The zero-order chi connectivity index (χ0) is 14.8. The van der Waals surface area contributed by atoms with Crippen LogP contribution in [0.25, 0.3) is 0 Å². The molecule has 0 bridgehead atoms. The first-order valence-corrected chi connectivity index (χ1v) is 8.01. The molecule has 1 aliphatic heterocycles. The van der Waals surface area contributed by atoms with Crippen LogP contribution in [0.3, 0.4) is 0 Å². The summed E-state index contributed by atoms with van der Waals surface area (Å²) in [6, 6.07) is 9.39. The van der Waals surface area contributed by atoms with Crippen molar-refractivity contribution in [2.45, 2.75) is 58.4 Å². The van der Waals surface area contributed by atoms with Gasteiger partial charge in [-0.05, 0) is 41.9 Å². The van der Waals surface area contributed by atoms with Gasteiger partial charge in [0.1, 0.15) is 0 Å². The Hall–Kier alpha value is -1.02. The molecule has 2 heteroatoms. The molecule has 0 radical (unpaired) electrons. The van der Waals surface area contributed by atoms with Gasteiger partial charge in [-0.15, -0.1) is 0 Å². The molecule has 0 aliphatic carbocycles. The Bertz CT molecular complexity index is 416. The first kappa shape index (κ1) is 15.4. The van der Waals surface area contributed by atoms with E-state index in [-0.39, 0.29) is 5.41 Å². The van der Waals surface area contributed by atoms with Crippen molar-refractivity contribution in [3.63, 3.8) is 0 Å². The summed E-state index contributed by atoms with van der Waals surface area (Å²) in [5, 5.41) is 0. The molecule has 1 aromatic carbocycles. The lowest BCUT2D eigenvalue weighted by Crippen LogP contribution is -2.47. The van der Waals surface area contributed by atoms with Crippen LogP contribution in [-0.2, 0) is 5.41 Å². The van der Waals surface area contributed by atoms with Crippen LogP contribution in [0.5, 0.6) is 0 Å². The van der Waals surface area contributed by atoms with E-state index in [4.69, 9.17) is 5.73 Å². The average molecular weight is 274 g/mol. The van der Waals surface area contributed by atoms with Gasteiger partial charge in [-0.2, -0.15) is 0 Å². The lowest BCUT2D eigenvalue weighted by molar-refractivity contribution is 0.355. The highest BCUT2D eigenvalue weighted by Gasteiger charge is 2.25. The average Bonchev–Trinajstić information content (AvgIpc) is 2.37. The first-order chi connectivity index (χ1) is 9.40. The molecule has 1 aliphatic rings. The number of nitrogens with two attached hydrogens (primary N) is 1. The van der Waals surface area contributed by atoms with Crippen molar-refractivity contribution < 1.29 is 0 Å². The number of hydrogen-bond donors (Lipinski definition) is 1. The summed E-state index contributed by atoms with van der Waals surface area (Å²) < 4.78 is 0. The van der Waals surface area contributed by atoms with Crippen LogP contribution in [0.15, 0.2) is 24.3 Å². The fourth-order valence-electron chi connectivity index (χ4n) is 3.25. The Morgan fingerprint density at radius 3 is 2.35 bits per heavy atom. The van der Waals surface area contributed by atoms with Crippen LogP contribution in [0, 0.1) is 5.92 Å². The van der Waals surface area contributed by atoms with Gasteiger partial charge in [0.05, 0.1) is 0 Å². The number of hydrogen-bond acceptors (Lipinski definition) is 2. The second-order valence-corrected chi connectivity index (χ2v) is 7.35. The quantitative estimate of drug-likeness (QED) is 0.904. The largest absolute Gasteiger partial charge is 0.370 e. The molecular weight excluding hydrogens is 244 g/mol. The van der Waals surface area contributed by atoms with E-state index in [1.165, 1.54) is 30.5 Å². The Kier molecular flexibility index (Phi) is 4.74. The molecule has 0 saturated carbocycles. The van der Waals surface area contributed by atoms with Crippen molar-refractivity contribution in [3.8, 4) is 0 Å². The molecule has 20 heavy (non-hydrogen) atoms. The molecule has 1 aromatic rings. The molecule has 0 aromatic heterocycles. The van der Waals surface area contributed by atoms with E-state index in [1.807, 2.05) is 0 Å². The molecule has 2 atom stereocenters. The van der Waals surface area contributed by atoms with Gasteiger partial charge >= 0.3 is 0 Å². The van der Waals surface area contributed by atoms with Gasteiger partial charge < -0.3 is 10.6 Å². The second-order valence-electron chi connectivity index (χ2n) is 7.35. The number of benzene rings is 1. The van der Waals surface area contributed by atoms with Gasteiger partial charge in [-0.3, -0.25) is 0 Å². The third-order valence-electron chi connectivity index (χ3n) is 4.36. The zero-order valence-electron chi connectivity index (χ0n) is 13.5. The Labute approximate surface area is 124 Å². The van der Waals surface area contributed by atoms with Crippen LogP contribution in [0.2, 0.25) is 0 Å². The third kappa shape index (κ3) is 3.76. The summed E-state index contributed by atoms with van der Waals surface area (Å²) in [6.45, 7) is 11.2. The molecular formula is C18H30N2. The van der Waals surface area contributed by atoms with Gasteiger partial charge in [-0.25, -0.2) is 0 Å². The molecule has 1 heterocycles. The number of piperidine rings is 1. The van der Waals surface area contributed by atoms with Crippen LogP contribution in [0.4, 0.5) is 5.69 Å². The van der Waals surface area contributed by atoms with Crippen molar-refractivity contribution in [2.75, 3.05) is 18.0 Å². The Morgan fingerprint density at radius 1 is 1.15 bits per heavy atom. The minimum Gasteiger partial charge on any atom is -0.370 e. The fourth-order valence-corrected chi connectivity index (χ4v) is 3.25. The first-order valence-electron chi connectivity index (χ1n) is 8.01. The lowest BCUT2D eigenvalue weighted by atomic mass is 9.86. The molecule has 2 rings (SSSR count).